The molecular weight excluding hydrogens is 312 g/mol. The van der Waals surface area contributed by atoms with E-state index in [9.17, 15) is 0 Å². The van der Waals surface area contributed by atoms with Crippen LogP contribution in [0.1, 0.15) is 6.42 Å². The highest BCUT2D eigenvalue weighted by molar-refractivity contribution is 9.10. The van der Waals surface area contributed by atoms with E-state index in [0.717, 1.165) is 29.7 Å². The van der Waals surface area contributed by atoms with E-state index in [1.165, 1.54) is 0 Å². The largest absolute Gasteiger partial charge is 0.478 e. The second-order valence-corrected chi connectivity index (χ2v) is 4.35. The molecule has 92 valence electrons. The molecule has 6 heteroatoms. The van der Waals surface area contributed by atoms with Crippen molar-refractivity contribution in [2.24, 2.45) is 0 Å². The molecule has 0 radical (unpaired) electrons. The van der Waals surface area contributed by atoms with Gasteiger partial charge in [-0.1, -0.05) is 0 Å². The van der Waals surface area contributed by atoms with Crippen LogP contribution in [0.15, 0.2) is 22.8 Å². The number of hydrogen-bond donors (Lipinski definition) is 2. The molecule has 0 atom stereocenters. The summed E-state index contributed by atoms with van der Waals surface area (Å²) in [5, 5.41) is 3.25. The predicted octanol–water partition coefficient (Wildman–Crippen LogP) is 2.55. The maximum atomic E-state index is 5.45. The van der Waals surface area contributed by atoms with Gasteiger partial charge in [0.15, 0.2) is 0 Å². The molecule has 0 aromatic carbocycles. The fourth-order valence-electron chi connectivity index (χ4n) is 1.03. The highest BCUT2D eigenvalue weighted by Gasteiger charge is 1.94. The Balaban J connectivity index is 0.00000225. The maximum Gasteiger partial charge on any atom is 0.213 e. The summed E-state index contributed by atoms with van der Waals surface area (Å²) >= 11 is 7.42. The lowest BCUT2D eigenvalue weighted by molar-refractivity contribution is 0.297. The third-order valence-electron chi connectivity index (χ3n) is 1.74. The van der Waals surface area contributed by atoms with Gasteiger partial charge in [-0.15, -0.1) is 12.4 Å². The lowest BCUT2D eigenvalue weighted by Gasteiger charge is -2.05. The molecule has 1 N–H and O–H groups in total. The summed E-state index contributed by atoms with van der Waals surface area (Å²) in [5.74, 6) is 1.54. The smallest absolute Gasteiger partial charge is 0.213 e. The normalized spacial score (nSPS) is 9.62. The molecule has 0 aliphatic rings. The van der Waals surface area contributed by atoms with Crippen molar-refractivity contribution in [1.29, 1.82) is 0 Å². The summed E-state index contributed by atoms with van der Waals surface area (Å²) < 4.78 is 6.41. The highest BCUT2D eigenvalue weighted by Crippen LogP contribution is 2.11. The maximum absolute atomic E-state index is 5.45. The molecule has 1 aromatic rings. The lowest BCUT2D eigenvalue weighted by atomic mass is 10.4. The summed E-state index contributed by atoms with van der Waals surface area (Å²) in [5.41, 5.74) is 0. The molecule has 3 nitrogen and oxygen atoms in total. The third-order valence-corrected chi connectivity index (χ3v) is 2.43. The van der Waals surface area contributed by atoms with Gasteiger partial charge in [-0.25, -0.2) is 4.98 Å². The Kier molecular flexibility index (Phi) is 10.2. The molecule has 0 fully saturated rings. The van der Waals surface area contributed by atoms with Crippen LogP contribution in [0.5, 0.6) is 5.88 Å². The fourth-order valence-corrected chi connectivity index (χ4v) is 1.42. The molecule has 0 aliphatic carbocycles. The third kappa shape index (κ3) is 7.33. The molecule has 0 unspecified atom stereocenters. The van der Waals surface area contributed by atoms with E-state index in [4.69, 9.17) is 4.74 Å². The summed E-state index contributed by atoms with van der Waals surface area (Å²) in [4.78, 5) is 4.11. The van der Waals surface area contributed by atoms with Gasteiger partial charge in [-0.3, -0.25) is 0 Å². The zero-order chi connectivity index (χ0) is 10.9. The molecule has 0 bridgehead atoms. The van der Waals surface area contributed by atoms with Gasteiger partial charge in [0.2, 0.25) is 5.88 Å². The molecule has 1 heterocycles. The van der Waals surface area contributed by atoms with Crippen LogP contribution in [0.4, 0.5) is 0 Å². The van der Waals surface area contributed by atoms with Gasteiger partial charge in [0.05, 0.1) is 6.61 Å². The van der Waals surface area contributed by atoms with Crippen molar-refractivity contribution in [2.75, 3.05) is 25.4 Å². The number of rotatable bonds is 7. The Morgan fingerprint density at radius 2 is 2.19 bits per heavy atom. The summed E-state index contributed by atoms with van der Waals surface area (Å²) in [6.07, 6.45) is 2.71. The first kappa shape index (κ1) is 16.0. The quantitative estimate of drug-likeness (QED) is 0.596. The monoisotopic (exact) mass is 326 g/mol. The summed E-state index contributed by atoms with van der Waals surface area (Å²) in [6.45, 7) is 2.59. The van der Waals surface area contributed by atoms with Crippen molar-refractivity contribution in [3.05, 3.63) is 22.8 Å². The highest BCUT2D eigenvalue weighted by atomic mass is 79.9. The minimum Gasteiger partial charge on any atom is -0.478 e. The van der Waals surface area contributed by atoms with Crippen molar-refractivity contribution in [3.63, 3.8) is 0 Å². The van der Waals surface area contributed by atoms with Crippen LogP contribution < -0.4 is 10.1 Å². The van der Waals surface area contributed by atoms with Gasteiger partial charge in [0.1, 0.15) is 0 Å². The van der Waals surface area contributed by atoms with Gasteiger partial charge in [-0.2, -0.15) is 12.6 Å². The first-order valence-corrected chi connectivity index (χ1v) is 6.31. The molecule has 0 saturated carbocycles. The molecule has 0 spiro atoms. The Labute approximate surface area is 116 Å². The number of nitrogens with one attached hydrogen (secondary N) is 1. The minimum atomic E-state index is 0. The molecule has 0 aliphatic heterocycles. The van der Waals surface area contributed by atoms with E-state index < -0.39 is 0 Å². The van der Waals surface area contributed by atoms with Crippen molar-refractivity contribution in [1.82, 2.24) is 10.3 Å². The van der Waals surface area contributed by atoms with E-state index in [0.29, 0.717) is 12.5 Å². The first-order valence-electron chi connectivity index (χ1n) is 4.89. The van der Waals surface area contributed by atoms with Crippen molar-refractivity contribution in [2.45, 2.75) is 6.42 Å². The van der Waals surface area contributed by atoms with Crippen LogP contribution in [0.2, 0.25) is 0 Å². The SMILES string of the molecule is Cl.SCCNCCCOc1ccc(Br)cn1. The molecule has 1 aromatic heterocycles. The minimum absolute atomic E-state index is 0. The molecule has 0 saturated heterocycles. The Morgan fingerprint density at radius 1 is 1.38 bits per heavy atom. The molecule has 16 heavy (non-hydrogen) atoms. The number of thiol groups is 1. The van der Waals surface area contributed by atoms with E-state index in [2.05, 4.69) is 38.9 Å². The number of halogens is 2. The van der Waals surface area contributed by atoms with Crippen LogP contribution in [0, 0.1) is 0 Å². The topological polar surface area (TPSA) is 34.1 Å². The van der Waals surface area contributed by atoms with E-state index in [1.54, 1.807) is 6.20 Å². The van der Waals surface area contributed by atoms with Crippen molar-refractivity contribution in [3.8, 4) is 5.88 Å². The van der Waals surface area contributed by atoms with Gasteiger partial charge < -0.3 is 10.1 Å². The van der Waals surface area contributed by atoms with Gasteiger partial charge in [0, 0.05) is 29.0 Å². The van der Waals surface area contributed by atoms with E-state index in [-0.39, 0.29) is 12.4 Å². The number of nitrogens with zero attached hydrogens (tertiary/aromatic N) is 1. The second kappa shape index (κ2) is 10.2. The van der Waals surface area contributed by atoms with Gasteiger partial charge >= 0.3 is 0 Å². The van der Waals surface area contributed by atoms with E-state index in [1.807, 2.05) is 12.1 Å². The molecule has 1 rings (SSSR count). The van der Waals surface area contributed by atoms with Gasteiger partial charge in [-0.05, 0) is 35.0 Å². The van der Waals surface area contributed by atoms with E-state index >= 15 is 0 Å². The number of pyridine rings is 1. The van der Waals surface area contributed by atoms with Crippen LogP contribution in [0.3, 0.4) is 0 Å². The summed E-state index contributed by atoms with van der Waals surface area (Å²) in [7, 11) is 0. The van der Waals surface area contributed by atoms with Crippen LogP contribution in [0.25, 0.3) is 0 Å². The second-order valence-electron chi connectivity index (χ2n) is 2.99. The predicted molar refractivity (Wildman–Crippen MR) is 76.0 cm³/mol. The molecule has 0 amide bonds. The Hall–Kier alpha value is 0.0300. The van der Waals surface area contributed by atoms with Gasteiger partial charge in [0.25, 0.3) is 0 Å². The fraction of sp³-hybridized carbons (Fsp3) is 0.500. The number of aromatic nitrogens is 1. The standard InChI is InChI=1S/C10H15BrN2OS.ClH/c11-9-2-3-10(13-8-9)14-6-1-4-12-5-7-15;/h2-3,8,12,15H,1,4-7H2;1H. The first-order chi connectivity index (χ1) is 7.33. The Morgan fingerprint density at radius 3 is 2.81 bits per heavy atom. The number of hydrogen-bond acceptors (Lipinski definition) is 4. The lowest BCUT2D eigenvalue weighted by Crippen LogP contribution is -2.19. The zero-order valence-corrected chi connectivity index (χ0v) is 12.2. The molecular formula is C10H16BrClN2OS. The number of ether oxygens (including phenoxy) is 1. The van der Waals surface area contributed by atoms with Crippen LogP contribution >= 0.6 is 41.0 Å². The zero-order valence-electron chi connectivity index (χ0n) is 8.86. The van der Waals surface area contributed by atoms with Crippen LogP contribution in [-0.2, 0) is 0 Å². The Bertz CT molecular complexity index is 274. The van der Waals surface area contributed by atoms with Crippen LogP contribution in [-0.4, -0.2) is 30.4 Å². The average molecular weight is 328 g/mol. The van der Waals surface area contributed by atoms with Crippen molar-refractivity contribution < 1.29 is 4.74 Å². The summed E-state index contributed by atoms with van der Waals surface area (Å²) in [6, 6.07) is 3.77. The average Bonchev–Trinajstić information content (AvgIpc) is 2.26. The van der Waals surface area contributed by atoms with Crippen molar-refractivity contribution >= 4 is 41.0 Å².